The molecule has 3 N–H and O–H groups in total. The number of allylic oxidation sites excluding steroid dienone is 2. The number of ether oxygens (including phenoxy) is 1. The molecule has 0 saturated heterocycles. The maximum atomic E-state index is 6.08. The van der Waals surface area contributed by atoms with Crippen LogP contribution in [0.5, 0.6) is 5.75 Å². The fraction of sp³-hybridized carbons (Fsp3) is 0.231. The molecule has 1 aromatic carbocycles. The Morgan fingerprint density at radius 2 is 2.11 bits per heavy atom. The van der Waals surface area contributed by atoms with Gasteiger partial charge >= 0.3 is 0 Å². The minimum atomic E-state index is 0.583. The third kappa shape index (κ3) is 2.90. The van der Waals surface area contributed by atoms with Crippen LogP contribution in [0.25, 0.3) is 0 Å². The third-order valence-electron chi connectivity index (χ3n) is 2.72. The van der Waals surface area contributed by atoms with Gasteiger partial charge in [-0.15, -0.1) is 0 Å². The van der Waals surface area contributed by atoms with Gasteiger partial charge in [0.05, 0.1) is 7.11 Å². The molecule has 0 fully saturated rings. The molecule has 0 unspecified atom stereocenters. The van der Waals surface area contributed by atoms with Crippen molar-refractivity contribution in [3.05, 3.63) is 53.0 Å². The zero-order chi connectivity index (χ0) is 13.0. The average molecular weight is 266 g/mol. The average Bonchev–Trinajstić information content (AvgIpc) is 2.40. The van der Waals surface area contributed by atoms with Crippen molar-refractivity contribution in [3.8, 4) is 5.75 Å². The molecule has 5 heteroatoms. The Labute approximate surface area is 112 Å². The summed E-state index contributed by atoms with van der Waals surface area (Å²) in [6, 6.07) is 7.94. The highest BCUT2D eigenvalue weighted by molar-refractivity contribution is 6.29. The SMILES string of the molecule is COc1ccccc1CCN1NC(N)=CC=C1Cl. The van der Waals surface area contributed by atoms with Gasteiger partial charge in [-0.2, -0.15) is 0 Å². The summed E-state index contributed by atoms with van der Waals surface area (Å²) in [6.45, 7) is 0.713. The molecule has 4 nitrogen and oxygen atoms in total. The number of methoxy groups -OCH3 is 1. The van der Waals surface area contributed by atoms with Gasteiger partial charge in [0.2, 0.25) is 0 Å². The van der Waals surface area contributed by atoms with Crippen molar-refractivity contribution in [2.75, 3.05) is 13.7 Å². The summed E-state index contributed by atoms with van der Waals surface area (Å²) in [5.41, 5.74) is 9.84. The summed E-state index contributed by atoms with van der Waals surface area (Å²) in [6.07, 6.45) is 4.33. The highest BCUT2D eigenvalue weighted by Gasteiger charge is 2.12. The number of nitrogens with two attached hydrogens (primary N) is 1. The van der Waals surface area contributed by atoms with Crippen molar-refractivity contribution in [2.24, 2.45) is 5.73 Å². The van der Waals surface area contributed by atoms with Crippen LogP contribution in [0.2, 0.25) is 0 Å². The molecule has 1 heterocycles. The molecule has 0 aliphatic carbocycles. The van der Waals surface area contributed by atoms with E-state index in [9.17, 15) is 0 Å². The van der Waals surface area contributed by atoms with E-state index in [0.29, 0.717) is 17.5 Å². The Morgan fingerprint density at radius 3 is 2.89 bits per heavy atom. The molecule has 2 rings (SSSR count). The molecule has 0 aromatic heterocycles. The van der Waals surface area contributed by atoms with E-state index >= 15 is 0 Å². The Kier molecular flexibility index (Phi) is 3.99. The van der Waals surface area contributed by atoms with Gasteiger partial charge in [-0.3, -0.25) is 10.4 Å². The van der Waals surface area contributed by atoms with Gasteiger partial charge in [-0.05, 0) is 30.2 Å². The number of halogens is 1. The first-order valence-electron chi connectivity index (χ1n) is 5.70. The van der Waals surface area contributed by atoms with Gasteiger partial charge in [0, 0.05) is 6.54 Å². The first kappa shape index (κ1) is 12.6. The predicted molar refractivity (Wildman–Crippen MR) is 72.7 cm³/mol. The van der Waals surface area contributed by atoms with Gasteiger partial charge < -0.3 is 10.5 Å². The number of nitrogens with zero attached hydrogens (tertiary/aromatic N) is 1. The number of hydrogen-bond donors (Lipinski definition) is 2. The fourth-order valence-electron chi connectivity index (χ4n) is 1.80. The van der Waals surface area contributed by atoms with Crippen molar-refractivity contribution in [1.29, 1.82) is 0 Å². The topological polar surface area (TPSA) is 50.5 Å². The first-order chi connectivity index (χ1) is 8.70. The second kappa shape index (κ2) is 5.69. The lowest BCUT2D eigenvalue weighted by atomic mass is 10.1. The number of hydrazine groups is 1. The molecule has 0 atom stereocenters. The molecule has 0 amide bonds. The largest absolute Gasteiger partial charge is 0.496 e. The van der Waals surface area contributed by atoms with E-state index in [1.54, 1.807) is 19.3 Å². The Balaban J connectivity index is 2.00. The fourth-order valence-corrected chi connectivity index (χ4v) is 1.99. The molecule has 1 aliphatic heterocycles. The molecule has 0 spiro atoms. The summed E-state index contributed by atoms with van der Waals surface area (Å²) in [5, 5.41) is 2.43. The van der Waals surface area contributed by atoms with Crippen LogP contribution >= 0.6 is 11.6 Å². The first-order valence-corrected chi connectivity index (χ1v) is 6.07. The molecule has 18 heavy (non-hydrogen) atoms. The van der Waals surface area contributed by atoms with Crippen LogP contribution in [0.15, 0.2) is 47.4 Å². The van der Waals surface area contributed by atoms with E-state index in [2.05, 4.69) is 5.43 Å². The van der Waals surface area contributed by atoms with Crippen molar-refractivity contribution in [3.63, 3.8) is 0 Å². The second-order valence-electron chi connectivity index (χ2n) is 3.94. The van der Waals surface area contributed by atoms with Crippen LogP contribution in [-0.4, -0.2) is 18.7 Å². The molecule has 0 bridgehead atoms. The summed E-state index contributed by atoms with van der Waals surface area (Å²) in [5.74, 6) is 1.47. The van der Waals surface area contributed by atoms with E-state index in [0.717, 1.165) is 17.7 Å². The van der Waals surface area contributed by atoms with Crippen molar-refractivity contribution in [2.45, 2.75) is 6.42 Å². The molecule has 0 saturated carbocycles. The summed E-state index contributed by atoms with van der Waals surface area (Å²) in [4.78, 5) is 0. The highest BCUT2D eigenvalue weighted by Crippen LogP contribution is 2.19. The van der Waals surface area contributed by atoms with E-state index in [1.807, 2.05) is 29.3 Å². The van der Waals surface area contributed by atoms with Gasteiger partial charge in [0.15, 0.2) is 0 Å². The summed E-state index contributed by atoms with van der Waals surface area (Å²) >= 11 is 6.08. The Morgan fingerprint density at radius 1 is 1.33 bits per heavy atom. The van der Waals surface area contributed by atoms with Gasteiger partial charge in [0.25, 0.3) is 0 Å². The zero-order valence-corrected chi connectivity index (χ0v) is 10.9. The molecule has 1 aliphatic rings. The van der Waals surface area contributed by atoms with Gasteiger partial charge in [-0.25, -0.2) is 0 Å². The van der Waals surface area contributed by atoms with Gasteiger partial charge in [0.1, 0.15) is 16.7 Å². The predicted octanol–water partition coefficient (Wildman–Crippen LogP) is 1.94. The van der Waals surface area contributed by atoms with Crippen molar-refractivity contribution < 1.29 is 4.74 Å². The number of para-hydroxylation sites is 1. The molecular formula is C13H16ClN3O. The summed E-state index contributed by atoms with van der Waals surface area (Å²) in [7, 11) is 1.67. The van der Waals surface area contributed by atoms with Crippen molar-refractivity contribution >= 4 is 11.6 Å². The van der Waals surface area contributed by atoms with Crippen LogP contribution in [0.3, 0.4) is 0 Å². The van der Waals surface area contributed by atoms with E-state index in [1.165, 1.54) is 0 Å². The standard InChI is InChI=1S/C13H16ClN3O/c1-18-11-5-3-2-4-10(11)8-9-17-12(14)6-7-13(15)16-17/h2-7,16H,8-9,15H2,1H3. The Hall–Kier alpha value is -1.81. The minimum absolute atomic E-state index is 0.583. The number of benzene rings is 1. The van der Waals surface area contributed by atoms with Crippen LogP contribution in [0.4, 0.5) is 0 Å². The lowest BCUT2D eigenvalue weighted by Crippen LogP contribution is -2.40. The minimum Gasteiger partial charge on any atom is -0.496 e. The van der Waals surface area contributed by atoms with E-state index in [-0.39, 0.29) is 0 Å². The number of nitrogens with one attached hydrogen (secondary N) is 1. The summed E-state index contributed by atoms with van der Waals surface area (Å²) < 4.78 is 5.31. The van der Waals surface area contributed by atoms with Crippen LogP contribution in [0, 0.1) is 0 Å². The van der Waals surface area contributed by atoms with Gasteiger partial charge in [-0.1, -0.05) is 29.8 Å². The molecular weight excluding hydrogens is 250 g/mol. The highest BCUT2D eigenvalue weighted by atomic mass is 35.5. The van der Waals surface area contributed by atoms with Crippen molar-refractivity contribution in [1.82, 2.24) is 10.4 Å². The maximum absolute atomic E-state index is 6.08. The number of rotatable bonds is 4. The van der Waals surface area contributed by atoms with Crippen LogP contribution in [-0.2, 0) is 6.42 Å². The van der Waals surface area contributed by atoms with E-state index in [4.69, 9.17) is 22.1 Å². The molecule has 96 valence electrons. The monoisotopic (exact) mass is 265 g/mol. The Bertz CT molecular complexity index is 485. The molecule has 1 aromatic rings. The van der Waals surface area contributed by atoms with Crippen LogP contribution < -0.4 is 15.9 Å². The third-order valence-corrected chi connectivity index (χ3v) is 3.05. The maximum Gasteiger partial charge on any atom is 0.123 e. The molecule has 0 radical (unpaired) electrons. The lowest BCUT2D eigenvalue weighted by Gasteiger charge is -2.28. The zero-order valence-electron chi connectivity index (χ0n) is 10.2. The van der Waals surface area contributed by atoms with E-state index < -0.39 is 0 Å². The smallest absolute Gasteiger partial charge is 0.123 e. The normalized spacial score (nSPS) is 14.7. The number of hydrogen-bond acceptors (Lipinski definition) is 4. The quantitative estimate of drug-likeness (QED) is 0.817. The second-order valence-corrected chi connectivity index (χ2v) is 4.32. The lowest BCUT2D eigenvalue weighted by molar-refractivity contribution is 0.288. The van der Waals surface area contributed by atoms with Crippen LogP contribution in [0.1, 0.15) is 5.56 Å².